The summed E-state index contributed by atoms with van der Waals surface area (Å²) in [6, 6.07) is 10.3. The number of aromatic amines is 1. The highest BCUT2D eigenvalue weighted by atomic mass is 16.3. The molecular formula is C20H24N2O. The highest BCUT2D eigenvalue weighted by Gasteiger charge is 2.45. The van der Waals surface area contributed by atoms with Crippen molar-refractivity contribution >= 4 is 6.08 Å². The molecule has 3 atom stereocenters. The number of aliphatic hydroxyl groups excluding tert-OH is 1. The molecule has 1 aromatic carbocycles. The van der Waals surface area contributed by atoms with Gasteiger partial charge in [-0.25, -0.2) is 0 Å². The summed E-state index contributed by atoms with van der Waals surface area (Å²) in [6.45, 7) is 2.38. The molecule has 1 heterocycles. The number of aliphatic hydroxyl groups is 1. The SMILES string of the molecule is C[C@]12Cc3cn[nH]c3C=C1CC[C@@H]2C[C@@H](O)Cc1ccccc1. The van der Waals surface area contributed by atoms with E-state index >= 15 is 0 Å². The Kier molecular flexibility index (Phi) is 3.61. The maximum Gasteiger partial charge on any atom is 0.0609 e. The Hall–Kier alpha value is -1.87. The van der Waals surface area contributed by atoms with Gasteiger partial charge in [-0.3, -0.25) is 5.10 Å². The van der Waals surface area contributed by atoms with Gasteiger partial charge in [0.25, 0.3) is 0 Å². The van der Waals surface area contributed by atoms with Gasteiger partial charge in [0.2, 0.25) is 0 Å². The Bertz CT molecular complexity index is 718. The molecular weight excluding hydrogens is 284 g/mol. The van der Waals surface area contributed by atoms with E-state index in [9.17, 15) is 5.11 Å². The molecule has 4 rings (SSSR count). The van der Waals surface area contributed by atoms with Crippen molar-refractivity contribution in [1.82, 2.24) is 10.2 Å². The molecule has 2 aliphatic carbocycles. The molecule has 0 unspecified atom stereocenters. The predicted molar refractivity (Wildman–Crippen MR) is 91.9 cm³/mol. The molecule has 3 nitrogen and oxygen atoms in total. The van der Waals surface area contributed by atoms with Crippen LogP contribution in [0.3, 0.4) is 0 Å². The number of nitrogens with one attached hydrogen (secondary N) is 1. The fourth-order valence-corrected chi connectivity index (χ4v) is 4.52. The first kappa shape index (κ1) is 14.7. The Morgan fingerprint density at radius 1 is 1.35 bits per heavy atom. The third-order valence-electron chi connectivity index (χ3n) is 5.90. The summed E-state index contributed by atoms with van der Waals surface area (Å²) in [5, 5.41) is 17.9. The minimum absolute atomic E-state index is 0.189. The van der Waals surface area contributed by atoms with Gasteiger partial charge in [-0.2, -0.15) is 5.10 Å². The van der Waals surface area contributed by atoms with Gasteiger partial charge in [-0.1, -0.05) is 42.8 Å². The summed E-state index contributed by atoms with van der Waals surface area (Å²) >= 11 is 0. The Morgan fingerprint density at radius 2 is 2.17 bits per heavy atom. The van der Waals surface area contributed by atoms with Crippen LogP contribution >= 0.6 is 0 Å². The Labute approximate surface area is 137 Å². The zero-order chi connectivity index (χ0) is 15.9. The number of allylic oxidation sites excluding steroid dienone is 1. The molecule has 0 aliphatic heterocycles. The fraction of sp³-hybridized carbons (Fsp3) is 0.450. The van der Waals surface area contributed by atoms with E-state index in [-0.39, 0.29) is 11.5 Å². The van der Waals surface area contributed by atoms with E-state index in [1.54, 1.807) is 0 Å². The van der Waals surface area contributed by atoms with E-state index in [4.69, 9.17) is 0 Å². The lowest BCUT2D eigenvalue weighted by molar-refractivity contribution is 0.112. The first-order valence-corrected chi connectivity index (χ1v) is 8.60. The molecule has 0 amide bonds. The van der Waals surface area contributed by atoms with Gasteiger partial charge in [0.05, 0.1) is 18.0 Å². The first-order chi connectivity index (χ1) is 11.1. The lowest BCUT2D eigenvalue weighted by Crippen LogP contribution is -2.31. The molecule has 23 heavy (non-hydrogen) atoms. The van der Waals surface area contributed by atoms with Crippen molar-refractivity contribution in [2.45, 2.75) is 45.1 Å². The van der Waals surface area contributed by atoms with Crippen LogP contribution in [0.15, 0.2) is 42.1 Å². The lowest BCUT2D eigenvalue weighted by atomic mass is 9.68. The number of H-pyrrole nitrogens is 1. The number of fused-ring (bicyclic) bond motifs is 2. The van der Waals surface area contributed by atoms with Crippen molar-refractivity contribution in [2.24, 2.45) is 11.3 Å². The average Bonchev–Trinajstić information content (AvgIpc) is 3.10. The van der Waals surface area contributed by atoms with Crippen molar-refractivity contribution in [2.75, 3.05) is 0 Å². The van der Waals surface area contributed by atoms with E-state index in [2.05, 4.69) is 35.3 Å². The second kappa shape index (κ2) is 5.64. The van der Waals surface area contributed by atoms with Crippen LogP contribution in [0.2, 0.25) is 0 Å². The zero-order valence-corrected chi connectivity index (χ0v) is 13.6. The number of hydrogen-bond donors (Lipinski definition) is 2. The van der Waals surface area contributed by atoms with Gasteiger partial charge in [0.1, 0.15) is 0 Å². The van der Waals surface area contributed by atoms with Crippen LogP contribution in [-0.2, 0) is 12.8 Å². The highest BCUT2D eigenvalue weighted by Crippen LogP contribution is 2.54. The molecule has 120 valence electrons. The van der Waals surface area contributed by atoms with Crippen molar-refractivity contribution in [1.29, 1.82) is 0 Å². The molecule has 0 saturated heterocycles. The van der Waals surface area contributed by atoms with Crippen molar-refractivity contribution in [3.63, 3.8) is 0 Å². The standard InChI is InChI=1S/C20H24N2O/c1-20-12-15-13-21-22-19(15)11-17(20)8-7-16(20)10-18(23)9-14-5-3-2-4-6-14/h2-6,11,13,16,18,23H,7-10,12H2,1H3,(H,21,22)/t16-,18+,20-/m1/s1. The van der Waals surface area contributed by atoms with E-state index in [1.807, 2.05) is 24.4 Å². The Balaban J connectivity index is 1.48. The maximum absolute atomic E-state index is 10.6. The highest BCUT2D eigenvalue weighted by molar-refractivity contribution is 5.59. The van der Waals surface area contributed by atoms with Gasteiger partial charge in [0.15, 0.2) is 0 Å². The largest absolute Gasteiger partial charge is 0.393 e. The molecule has 1 saturated carbocycles. The van der Waals surface area contributed by atoms with Crippen molar-refractivity contribution in [3.05, 3.63) is 58.9 Å². The number of aromatic nitrogens is 2. The topological polar surface area (TPSA) is 48.9 Å². The van der Waals surface area contributed by atoms with Crippen LogP contribution < -0.4 is 0 Å². The summed E-state index contributed by atoms with van der Waals surface area (Å²) in [7, 11) is 0. The van der Waals surface area contributed by atoms with Gasteiger partial charge >= 0.3 is 0 Å². The van der Waals surface area contributed by atoms with Gasteiger partial charge in [-0.05, 0) is 60.6 Å². The van der Waals surface area contributed by atoms with E-state index in [1.165, 1.54) is 28.8 Å². The summed E-state index contributed by atoms with van der Waals surface area (Å²) in [6.07, 6.45) is 9.03. The van der Waals surface area contributed by atoms with E-state index < -0.39 is 0 Å². The van der Waals surface area contributed by atoms with Gasteiger partial charge in [-0.15, -0.1) is 0 Å². The second-order valence-electron chi connectivity index (χ2n) is 7.39. The fourth-order valence-electron chi connectivity index (χ4n) is 4.52. The summed E-state index contributed by atoms with van der Waals surface area (Å²) < 4.78 is 0. The van der Waals surface area contributed by atoms with Crippen LogP contribution in [0.1, 0.15) is 43.0 Å². The van der Waals surface area contributed by atoms with Crippen LogP contribution in [0, 0.1) is 11.3 Å². The van der Waals surface area contributed by atoms with Crippen LogP contribution in [-0.4, -0.2) is 21.4 Å². The van der Waals surface area contributed by atoms with Gasteiger partial charge in [0, 0.05) is 0 Å². The number of benzene rings is 1. The average molecular weight is 308 g/mol. The van der Waals surface area contributed by atoms with Crippen molar-refractivity contribution in [3.8, 4) is 0 Å². The number of nitrogens with zero attached hydrogens (tertiary/aromatic N) is 1. The molecule has 2 aromatic rings. The summed E-state index contributed by atoms with van der Waals surface area (Å²) in [5.74, 6) is 0.551. The third kappa shape index (κ3) is 2.63. The van der Waals surface area contributed by atoms with E-state index in [0.29, 0.717) is 5.92 Å². The van der Waals surface area contributed by atoms with E-state index in [0.717, 1.165) is 25.7 Å². The smallest absolute Gasteiger partial charge is 0.0609 e. The summed E-state index contributed by atoms with van der Waals surface area (Å²) in [5.41, 5.74) is 5.45. The zero-order valence-electron chi connectivity index (χ0n) is 13.6. The van der Waals surface area contributed by atoms with Crippen LogP contribution in [0.4, 0.5) is 0 Å². The molecule has 3 heteroatoms. The monoisotopic (exact) mass is 308 g/mol. The molecule has 1 fully saturated rings. The minimum atomic E-state index is -0.260. The summed E-state index contributed by atoms with van der Waals surface area (Å²) in [4.78, 5) is 0. The molecule has 0 radical (unpaired) electrons. The Morgan fingerprint density at radius 3 is 3.00 bits per heavy atom. The number of rotatable bonds is 4. The molecule has 0 spiro atoms. The first-order valence-electron chi connectivity index (χ1n) is 8.60. The lowest BCUT2D eigenvalue weighted by Gasteiger charge is -2.36. The van der Waals surface area contributed by atoms with Gasteiger partial charge < -0.3 is 5.11 Å². The molecule has 1 aromatic heterocycles. The second-order valence-corrected chi connectivity index (χ2v) is 7.39. The quantitative estimate of drug-likeness (QED) is 0.903. The third-order valence-corrected chi connectivity index (χ3v) is 5.90. The molecule has 2 N–H and O–H groups in total. The molecule has 0 bridgehead atoms. The normalized spacial score (nSPS) is 27.2. The van der Waals surface area contributed by atoms with Crippen molar-refractivity contribution < 1.29 is 5.11 Å². The maximum atomic E-state index is 10.6. The van der Waals surface area contributed by atoms with Crippen LogP contribution in [0.5, 0.6) is 0 Å². The molecule has 2 aliphatic rings. The predicted octanol–water partition coefficient (Wildman–Crippen LogP) is 3.76. The minimum Gasteiger partial charge on any atom is -0.393 e. The number of hydrogen-bond acceptors (Lipinski definition) is 2. The van der Waals surface area contributed by atoms with Crippen LogP contribution in [0.25, 0.3) is 6.08 Å².